The number of methoxy groups -OCH3 is 1. The highest BCUT2D eigenvalue weighted by Gasteiger charge is 2.06. The number of hydrogen-bond donors (Lipinski definition) is 3. The molecule has 0 aromatic carbocycles. The average Bonchev–Trinajstić information content (AvgIpc) is 2.30. The highest BCUT2D eigenvalue weighted by Crippen LogP contribution is 2.21. The van der Waals surface area contributed by atoms with E-state index in [0.29, 0.717) is 30.5 Å². The number of anilines is 3. The molecule has 0 amide bonds. The summed E-state index contributed by atoms with van der Waals surface area (Å²) >= 11 is 0. The molecule has 1 aromatic heterocycles. The second-order valence-corrected chi connectivity index (χ2v) is 3.33. The third-order valence-electron chi connectivity index (χ3n) is 2.02. The normalized spacial score (nSPS) is 10.1. The molecule has 0 saturated heterocycles. The van der Waals surface area contributed by atoms with E-state index in [9.17, 15) is 0 Å². The topological polar surface area (TPSA) is 85.1 Å². The van der Waals surface area contributed by atoms with Crippen molar-refractivity contribution in [2.45, 2.75) is 13.3 Å². The van der Waals surface area contributed by atoms with Crippen molar-refractivity contribution in [2.75, 3.05) is 43.2 Å². The van der Waals surface area contributed by atoms with Crippen molar-refractivity contribution in [1.82, 2.24) is 9.97 Å². The number of nitrogens with two attached hydrogens (primary N) is 1. The van der Waals surface area contributed by atoms with Gasteiger partial charge < -0.3 is 21.1 Å². The van der Waals surface area contributed by atoms with Crippen LogP contribution in [0.5, 0.6) is 0 Å². The maximum absolute atomic E-state index is 5.92. The minimum Gasteiger partial charge on any atom is -0.393 e. The Morgan fingerprint density at radius 1 is 1.25 bits per heavy atom. The minimum atomic E-state index is 0.548. The summed E-state index contributed by atoms with van der Waals surface area (Å²) in [4.78, 5) is 8.16. The quantitative estimate of drug-likeness (QED) is 0.599. The molecule has 0 aliphatic rings. The van der Waals surface area contributed by atoms with Gasteiger partial charge in [-0.05, 0) is 6.42 Å². The molecule has 0 aliphatic heterocycles. The van der Waals surface area contributed by atoms with Gasteiger partial charge in [0, 0.05) is 20.2 Å². The highest BCUT2D eigenvalue weighted by molar-refractivity contribution is 5.73. The van der Waals surface area contributed by atoms with Crippen LogP contribution >= 0.6 is 0 Å². The van der Waals surface area contributed by atoms with E-state index in [0.717, 1.165) is 13.0 Å². The molecule has 1 rings (SSSR count). The second-order valence-electron chi connectivity index (χ2n) is 3.33. The van der Waals surface area contributed by atoms with Gasteiger partial charge in [-0.15, -0.1) is 0 Å². The Bertz CT molecular complexity index is 318. The average molecular weight is 225 g/mol. The summed E-state index contributed by atoms with van der Waals surface area (Å²) in [5.74, 6) is 1.32. The van der Waals surface area contributed by atoms with Crippen molar-refractivity contribution in [1.29, 1.82) is 0 Å². The van der Waals surface area contributed by atoms with E-state index in [4.69, 9.17) is 10.5 Å². The molecule has 0 radical (unpaired) electrons. The SMILES string of the molecule is CCCNc1ncnc(NCCOC)c1N. The van der Waals surface area contributed by atoms with Gasteiger partial charge in [0.25, 0.3) is 0 Å². The molecule has 6 nitrogen and oxygen atoms in total. The predicted molar refractivity (Wildman–Crippen MR) is 65.6 cm³/mol. The van der Waals surface area contributed by atoms with E-state index < -0.39 is 0 Å². The summed E-state index contributed by atoms with van der Waals surface area (Å²) in [5.41, 5.74) is 6.46. The molecule has 6 heteroatoms. The Hall–Kier alpha value is -1.56. The number of aromatic nitrogens is 2. The number of rotatable bonds is 7. The maximum Gasteiger partial charge on any atom is 0.154 e. The van der Waals surface area contributed by atoms with Gasteiger partial charge in [0.05, 0.1) is 6.61 Å². The van der Waals surface area contributed by atoms with Gasteiger partial charge in [-0.1, -0.05) is 6.92 Å². The first-order chi connectivity index (χ1) is 7.79. The van der Waals surface area contributed by atoms with Crippen LogP contribution in [-0.2, 0) is 4.74 Å². The third-order valence-corrected chi connectivity index (χ3v) is 2.02. The largest absolute Gasteiger partial charge is 0.393 e. The summed E-state index contributed by atoms with van der Waals surface area (Å²) in [6, 6.07) is 0. The number of hydrogen-bond acceptors (Lipinski definition) is 6. The van der Waals surface area contributed by atoms with E-state index in [1.807, 2.05) is 0 Å². The van der Waals surface area contributed by atoms with Crippen LogP contribution < -0.4 is 16.4 Å². The van der Waals surface area contributed by atoms with Crippen LogP contribution in [0, 0.1) is 0 Å². The second kappa shape index (κ2) is 6.84. The van der Waals surface area contributed by atoms with Crippen LogP contribution in [0.15, 0.2) is 6.33 Å². The van der Waals surface area contributed by atoms with E-state index in [1.54, 1.807) is 7.11 Å². The number of nitrogens with one attached hydrogen (secondary N) is 2. The monoisotopic (exact) mass is 225 g/mol. The molecule has 0 aliphatic carbocycles. The zero-order chi connectivity index (χ0) is 11.8. The lowest BCUT2D eigenvalue weighted by Gasteiger charge is -2.11. The highest BCUT2D eigenvalue weighted by atomic mass is 16.5. The van der Waals surface area contributed by atoms with E-state index >= 15 is 0 Å². The molecule has 0 bridgehead atoms. The molecular formula is C10H19N5O. The maximum atomic E-state index is 5.92. The lowest BCUT2D eigenvalue weighted by Crippen LogP contribution is -2.13. The molecule has 16 heavy (non-hydrogen) atoms. The fraction of sp³-hybridized carbons (Fsp3) is 0.600. The first-order valence-corrected chi connectivity index (χ1v) is 5.36. The van der Waals surface area contributed by atoms with Crippen LogP contribution in [0.1, 0.15) is 13.3 Å². The van der Waals surface area contributed by atoms with Crippen molar-refractivity contribution in [3.8, 4) is 0 Å². The van der Waals surface area contributed by atoms with E-state index in [1.165, 1.54) is 6.33 Å². The van der Waals surface area contributed by atoms with Gasteiger partial charge in [0.2, 0.25) is 0 Å². The van der Waals surface area contributed by atoms with Crippen molar-refractivity contribution in [2.24, 2.45) is 0 Å². The summed E-state index contributed by atoms with van der Waals surface area (Å²) in [6.45, 7) is 4.22. The summed E-state index contributed by atoms with van der Waals surface area (Å²) in [6.07, 6.45) is 2.51. The fourth-order valence-corrected chi connectivity index (χ4v) is 1.19. The molecule has 0 fully saturated rings. The molecular weight excluding hydrogens is 206 g/mol. The lowest BCUT2D eigenvalue weighted by atomic mass is 10.4. The molecule has 0 spiro atoms. The Morgan fingerprint density at radius 3 is 2.44 bits per heavy atom. The number of nitrogen functional groups attached to an aromatic ring is 1. The van der Waals surface area contributed by atoms with Gasteiger partial charge in [0.1, 0.15) is 12.0 Å². The predicted octanol–water partition coefficient (Wildman–Crippen LogP) is 0.939. The molecule has 1 heterocycles. The lowest BCUT2D eigenvalue weighted by molar-refractivity contribution is 0.210. The van der Waals surface area contributed by atoms with Gasteiger partial charge in [-0.3, -0.25) is 0 Å². The van der Waals surface area contributed by atoms with Gasteiger partial charge in [-0.2, -0.15) is 0 Å². The van der Waals surface area contributed by atoms with Crippen molar-refractivity contribution < 1.29 is 4.74 Å². The van der Waals surface area contributed by atoms with Gasteiger partial charge in [-0.25, -0.2) is 9.97 Å². The molecule has 1 aromatic rings. The standard InChI is InChI=1S/C10H19N5O/c1-3-4-12-9-8(11)10(15-7-14-9)13-5-6-16-2/h7H,3-6,11H2,1-2H3,(H2,12,13,14,15). The summed E-state index contributed by atoms with van der Waals surface area (Å²) < 4.78 is 4.94. The smallest absolute Gasteiger partial charge is 0.154 e. The fourth-order valence-electron chi connectivity index (χ4n) is 1.19. The molecule has 0 unspecified atom stereocenters. The van der Waals surface area contributed by atoms with Crippen LogP contribution in [0.3, 0.4) is 0 Å². The number of ether oxygens (including phenoxy) is 1. The molecule has 0 atom stereocenters. The summed E-state index contributed by atoms with van der Waals surface area (Å²) in [5, 5.41) is 6.24. The molecule has 0 saturated carbocycles. The zero-order valence-electron chi connectivity index (χ0n) is 9.79. The van der Waals surface area contributed by atoms with Crippen LogP contribution in [0.25, 0.3) is 0 Å². The summed E-state index contributed by atoms with van der Waals surface area (Å²) in [7, 11) is 1.65. The Kier molecular flexibility index (Phi) is 5.35. The Morgan fingerprint density at radius 2 is 1.88 bits per heavy atom. The zero-order valence-corrected chi connectivity index (χ0v) is 9.79. The van der Waals surface area contributed by atoms with E-state index in [2.05, 4.69) is 27.5 Å². The molecule has 4 N–H and O–H groups in total. The van der Waals surface area contributed by atoms with Gasteiger partial charge in [0.15, 0.2) is 11.6 Å². The Labute approximate surface area is 95.6 Å². The van der Waals surface area contributed by atoms with Crippen molar-refractivity contribution in [3.05, 3.63) is 6.33 Å². The van der Waals surface area contributed by atoms with Crippen LogP contribution in [0.4, 0.5) is 17.3 Å². The van der Waals surface area contributed by atoms with E-state index in [-0.39, 0.29) is 0 Å². The third kappa shape index (κ3) is 3.54. The van der Waals surface area contributed by atoms with Crippen molar-refractivity contribution >= 4 is 17.3 Å². The Balaban J connectivity index is 2.62. The first kappa shape index (κ1) is 12.5. The number of nitrogens with zero attached hydrogens (tertiary/aromatic N) is 2. The minimum absolute atomic E-state index is 0.548. The molecule has 90 valence electrons. The van der Waals surface area contributed by atoms with Crippen molar-refractivity contribution in [3.63, 3.8) is 0 Å². The van der Waals surface area contributed by atoms with Gasteiger partial charge >= 0.3 is 0 Å². The van der Waals surface area contributed by atoms with Crippen LogP contribution in [0.2, 0.25) is 0 Å². The van der Waals surface area contributed by atoms with Crippen LogP contribution in [-0.4, -0.2) is 36.8 Å². The first-order valence-electron chi connectivity index (χ1n) is 5.36.